The summed E-state index contributed by atoms with van der Waals surface area (Å²) in [6, 6.07) is 6.72. The van der Waals surface area contributed by atoms with Gasteiger partial charge in [0.15, 0.2) is 0 Å². The molecule has 2 N–H and O–H groups in total. The lowest BCUT2D eigenvalue weighted by Gasteiger charge is -2.53. The first-order valence-electron chi connectivity index (χ1n) is 9.30. The molecule has 22 heavy (non-hydrogen) atoms. The summed E-state index contributed by atoms with van der Waals surface area (Å²) in [5.74, 6) is 5.20. The molecule has 0 heterocycles. The molecule has 0 radical (unpaired) electrons. The lowest BCUT2D eigenvalue weighted by atomic mass is 9.51. The fourth-order valence-electron chi connectivity index (χ4n) is 6.76. The SMILES string of the molecule is CC1C[C@]2(C)C(C)C(C)CC2C2CCc3cc(N)ccc3C12. The lowest BCUT2D eigenvalue weighted by molar-refractivity contribution is -0.000251. The normalized spacial score (nSPS) is 46.7. The van der Waals surface area contributed by atoms with E-state index in [1.165, 1.54) is 31.2 Å². The fraction of sp³-hybridized carbons (Fsp3) is 0.714. The Kier molecular flexibility index (Phi) is 3.16. The van der Waals surface area contributed by atoms with Crippen LogP contribution in [-0.4, -0.2) is 0 Å². The summed E-state index contributed by atoms with van der Waals surface area (Å²) in [6.45, 7) is 10.1. The Bertz CT molecular complexity index is 592. The number of nitrogens with two attached hydrogens (primary N) is 1. The minimum atomic E-state index is 0.575. The zero-order valence-corrected chi connectivity index (χ0v) is 14.6. The molecule has 1 aromatic carbocycles. The summed E-state index contributed by atoms with van der Waals surface area (Å²) in [5.41, 5.74) is 10.7. The van der Waals surface area contributed by atoms with E-state index in [0.29, 0.717) is 5.41 Å². The summed E-state index contributed by atoms with van der Waals surface area (Å²) < 4.78 is 0. The molecule has 1 aromatic rings. The smallest absolute Gasteiger partial charge is 0.0316 e. The Morgan fingerprint density at radius 3 is 2.68 bits per heavy atom. The molecule has 0 aliphatic heterocycles. The molecule has 0 spiro atoms. The molecule has 3 aliphatic carbocycles. The molecule has 120 valence electrons. The summed E-state index contributed by atoms with van der Waals surface area (Å²) in [7, 11) is 0. The molecule has 0 aromatic heterocycles. The monoisotopic (exact) mass is 297 g/mol. The van der Waals surface area contributed by atoms with Gasteiger partial charge in [0.2, 0.25) is 0 Å². The van der Waals surface area contributed by atoms with E-state index in [9.17, 15) is 0 Å². The van der Waals surface area contributed by atoms with Crippen LogP contribution in [0.1, 0.15) is 64.0 Å². The highest BCUT2D eigenvalue weighted by Gasteiger charge is 2.57. The predicted octanol–water partition coefficient (Wildman–Crippen LogP) is 5.25. The number of aryl methyl sites for hydroxylation is 1. The second-order valence-corrected chi connectivity index (χ2v) is 8.98. The van der Waals surface area contributed by atoms with Crippen LogP contribution >= 0.6 is 0 Å². The number of fused-ring (bicyclic) bond motifs is 5. The van der Waals surface area contributed by atoms with Gasteiger partial charge in [-0.15, -0.1) is 0 Å². The van der Waals surface area contributed by atoms with E-state index in [2.05, 4.69) is 45.9 Å². The maximum absolute atomic E-state index is 6.03. The second kappa shape index (κ2) is 4.76. The molecule has 6 unspecified atom stereocenters. The van der Waals surface area contributed by atoms with E-state index >= 15 is 0 Å². The maximum atomic E-state index is 6.03. The molecule has 0 saturated heterocycles. The standard InChI is InChI=1S/C21H31N/c1-12-9-19-18-7-5-15-10-16(22)6-8-17(15)20(18)13(2)11-21(19,4)14(12)3/h6,8,10,12-14,18-20H,5,7,9,11,22H2,1-4H3/t12?,13?,14?,18?,19?,20?,21-/m1/s1. The summed E-state index contributed by atoms with van der Waals surface area (Å²) in [6.07, 6.45) is 5.48. The predicted molar refractivity (Wildman–Crippen MR) is 93.7 cm³/mol. The van der Waals surface area contributed by atoms with Crippen LogP contribution in [0.2, 0.25) is 0 Å². The van der Waals surface area contributed by atoms with Crippen LogP contribution in [-0.2, 0) is 6.42 Å². The molecule has 0 amide bonds. The van der Waals surface area contributed by atoms with Gasteiger partial charge in [-0.25, -0.2) is 0 Å². The van der Waals surface area contributed by atoms with E-state index in [1.807, 2.05) is 0 Å². The van der Waals surface area contributed by atoms with Gasteiger partial charge in [0.05, 0.1) is 0 Å². The van der Waals surface area contributed by atoms with Gasteiger partial charge in [0.1, 0.15) is 0 Å². The van der Waals surface area contributed by atoms with Crippen molar-refractivity contribution in [2.45, 2.75) is 59.3 Å². The van der Waals surface area contributed by atoms with Crippen molar-refractivity contribution >= 4 is 5.69 Å². The quantitative estimate of drug-likeness (QED) is 0.650. The Labute approximate surface area is 135 Å². The van der Waals surface area contributed by atoms with Crippen molar-refractivity contribution in [3.63, 3.8) is 0 Å². The van der Waals surface area contributed by atoms with Crippen molar-refractivity contribution in [1.82, 2.24) is 0 Å². The van der Waals surface area contributed by atoms with Crippen molar-refractivity contribution in [1.29, 1.82) is 0 Å². The molecule has 7 atom stereocenters. The van der Waals surface area contributed by atoms with Crippen molar-refractivity contribution in [2.75, 3.05) is 5.73 Å². The number of rotatable bonds is 0. The lowest BCUT2D eigenvalue weighted by Crippen LogP contribution is -2.45. The molecular formula is C21H31N. The van der Waals surface area contributed by atoms with Gasteiger partial charge in [-0.3, -0.25) is 0 Å². The van der Waals surface area contributed by atoms with Crippen LogP contribution in [0.4, 0.5) is 5.69 Å². The van der Waals surface area contributed by atoms with Gasteiger partial charge in [0, 0.05) is 5.69 Å². The van der Waals surface area contributed by atoms with E-state index in [4.69, 9.17) is 5.73 Å². The van der Waals surface area contributed by atoms with Crippen LogP contribution in [0, 0.1) is 35.0 Å². The third kappa shape index (κ3) is 1.83. The van der Waals surface area contributed by atoms with Crippen LogP contribution < -0.4 is 5.73 Å². The zero-order chi connectivity index (χ0) is 15.6. The van der Waals surface area contributed by atoms with Crippen molar-refractivity contribution in [3.8, 4) is 0 Å². The molecule has 4 rings (SSSR count). The van der Waals surface area contributed by atoms with Crippen LogP contribution in [0.25, 0.3) is 0 Å². The Morgan fingerprint density at radius 1 is 1.14 bits per heavy atom. The largest absolute Gasteiger partial charge is 0.399 e. The summed E-state index contributed by atoms with van der Waals surface area (Å²) >= 11 is 0. The first-order valence-corrected chi connectivity index (χ1v) is 9.30. The molecular weight excluding hydrogens is 266 g/mol. The third-order valence-electron chi connectivity index (χ3n) is 7.99. The van der Waals surface area contributed by atoms with Gasteiger partial charge < -0.3 is 5.73 Å². The average Bonchev–Trinajstić information content (AvgIpc) is 2.70. The Morgan fingerprint density at radius 2 is 1.91 bits per heavy atom. The highest BCUT2D eigenvalue weighted by atomic mass is 14.6. The van der Waals surface area contributed by atoms with Crippen molar-refractivity contribution < 1.29 is 0 Å². The molecule has 3 aliphatic rings. The maximum Gasteiger partial charge on any atom is 0.0316 e. The van der Waals surface area contributed by atoms with Crippen molar-refractivity contribution in [2.24, 2.45) is 35.0 Å². The first kappa shape index (κ1) is 14.6. The average molecular weight is 297 g/mol. The number of hydrogen-bond acceptors (Lipinski definition) is 1. The Hall–Kier alpha value is -0.980. The highest BCUT2D eigenvalue weighted by Crippen LogP contribution is 2.65. The minimum Gasteiger partial charge on any atom is -0.399 e. The Balaban J connectivity index is 1.76. The van der Waals surface area contributed by atoms with E-state index in [1.54, 1.807) is 5.56 Å². The van der Waals surface area contributed by atoms with Gasteiger partial charge in [0.25, 0.3) is 0 Å². The fourth-order valence-corrected chi connectivity index (χ4v) is 6.76. The molecule has 2 fully saturated rings. The van der Waals surface area contributed by atoms with E-state index < -0.39 is 0 Å². The van der Waals surface area contributed by atoms with Gasteiger partial charge in [-0.05, 0) is 89.9 Å². The second-order valence-electron chi connectivity index (χ2n) is 8.98. The van der Waals surface area contributed by atoms with Gasteiger partial charge in [-0.2, -0.15) is 0 Å². The van der Waals surface area contributed by atoms with Crippen LogP contribution in [0.15, 0.2) is 18.2 Å². The van der Waals surface area contributed by atoms with Crippen LogP contribution in [0.3, 0.4) is 0 Å². The summed E-state index contributed by atoms with van der Waals surface area (Å²) in [5, 5.41) is 0. The number of hydrogen-bond donors (Lipinski definition) is 1. The number of nitrogen functional groups attached to an aromatic ring is 1. The number of benzene rings is 1. The third-order valence-corrected chi connectivity index (χ3v) is 7.99. The van der Waals surface area contributed by atoms with Crippen molar-refractivity contribution in [3.05, 3.63) is 29.3 Å². The zero-order valence-electron chi connectivity index (χ0n) is 14.6. The molecule has 1 nitrogen and oxygen atoms in total. The van der Waals surface area contributed by atoms with E-state index in [0.717, 1.165) is 41.2 Å². The minimum absolute atomic E-state index is 0.575. The molecule has 0 bridgehead atoms. The summed E-state index contributed by atoms with van der Waals surface area (Å²) in [4.78, 5) is 0. The first-order chi connectivity index (χ1) is 10.4. The van der Waals surface area contributed by atoms with E-state index in [-0.39, 0.29) is 0 Å². The number of anilines is 1. The van der Waals surface area contributed by atoms with Gasteiger partial charge >= 0.3 is 0 Å². The topological polar surface area (TPSA) is 26.0 Å². The molecule has 2 saturated carbocycles. The van der Waals surface area contributed by atoms with Crippen LogP contribution in [0.5, 0.6) is 0 Å². The van der Waals surface area contributed by atoms with Gasteiger partial charge in [-0.1, -0.05) is 33.8 Å². The molecule has 1 heteroatoms. The highest BCUT2D eigenvalue weighted by molar-refractivity contribution is 5.47.